The molecule has 0 aliphatic rings. The standard InChI is InChI=1S/C18H13N5O4/c19-10-14-11-22(15-6-8-16(9-7-15)23(25)26)21-17(14)20-18(24)27-12-13-4-2-1-3-5-13/h1-9,11H,12H2,(H,20,21,24). The Morgan fingerprint density at radius 3 is 2.56 bits per heavy atom. The van der Waals surface area contributed by atoms with Crippen LogP contribution in [0.2, 0.25) is 0 Å². The summed E-state index contributed by atoms with van der Waals surface area (Å²) in [7, 11) is 0. The number of rotatable bonds is 5. The van der Waals surface area contributed by atoms with Gasteiger partial charge in [-0.15, -0.1) is 5.10 Å². The van der Waals surface area contributed by atoms with Crippen LogP contribution in [0.4, 0.5) is 16.3 Å². The molecule has 27 heavy (non-hydrogen) atoms. The molecule has 134 valence electrons. The highest BCUT2D eigenvalue weighted by Crippen LogP contribution is 2.19. The molecule has 0 saturated heterocycles. The number of amides is 1. The fourth-order valence-corrected chi connectivity index (χ4v) is 2.26. The van der Waals surface area contributed by atoms with Crippen molar-refractivity contribution in [1.82, 2.24) is 9.78 Å². The van der Waals surface area contributed by atoms with E-state index in [-0.39, 0.29) is 23.7 Å². The van der Waals surface area contributed by atoms with E-state index in [9.17, 15) is 20.2 Å². The minimum absolute atomic E-state index is 0.0360. The van der Waals surface area contributed by atoms with E-state index in [2.05, 4.69) is 10.4 Å². The number of hydrogen-bond acceptors (Lipinski definition) is 6. The van der Waals surface area contributed by atoms with Gasteiger partial charge >= 0.3 is 6.09 Å². The van der Waals surface area contributed by atoms with Crippen molar-refractivity contribution in [3.63, 3.8) is 0 Å². The summed E-state index contributed by atoms with van der Waals surface area (Å²) in [5.41, 5.74) is 1.40. The summed E-state index contributed by atoms with van der Waals surface area (Å²) < 4.78 is 6.45. The third-order valence-electron chi connectivity index (χ3n) is 3.59. The molecular weight excluding hydrogens is 350 g/mol. The largest absolute Gasteiger partial charge is 0.444 e. The Kier molecular flexibility index (Phi) is 5.09. The van der Waals surface area contributed by atoms with Gasteiger partial charge in [0.05, 0.1) is 16.8 Å². The molecule has 3 aromatic rings. The third kappa shape index (κ3) is 4.26. The van der Waals surface area contributed by atoms with E-state index in [1.807, 2.05) is 36.4 Å². The molecule has 0 bridgehead atoms. The molecule has 0 saturated carbocycles. The number of benzene rings is 2. The Balaban J connectivity index is 1.71. The van der Waals surface area contributed by atoms with Gasteiger partial charge < -0.3 is 4.74 Å². The molecule has 1 aromatic heterocycles. The lowest BCUT2D eigenvalue weighted by Gasteiger charge is -2.05. The van der Waals surface area contributed by atoms with Gasteiger partial charge in [-0.25, -0.2) is 9.48 Å². The van der Waals surface area contributed by atoms with Crippen molar-refractivity contribution in [2.24, 2.45) is 0 Å². The van der Waals surface area contributed by atoms with Crippen LogP contribution in [0.3, 0.4) is 0 Å². The topological polar surface area (TPSA) is 123 Å². The van der Waals surface area contributed by atoms with Gasteiger partial charge in [0.2, 0.25) is 0 Å². The van der Waals surface area contributed by atoms with Crippen molar-refractivity contribution in [3.05, 3.63) is 82.0 Å². The molecule has 0 aliphatic carbocycles. The lowest BCUT2D eigenvalue weighted by molar-refractivity contribution is -0.384. The van der Waals surface area contributed by atoms with Crippen molar-refractivity contribution in [2.45, 2.75) is 6.61 Å². The Bertz CT molecular complexity index is 1010. The molecule has 9 nitrogen and oxygen atoms in total. The second-order valence-electron chi connectivity index (χ2n) is 5.41. The fraction of sp³-hybridized carbons (Fsp3) is 0.0556. The summed E-state index contributed by atoms with van der Waals surface area (Å²) in [5.74, 6) is 0.0360. The molecule has 3 rings (SSSR count). The highest BCUT2D eigenvalue weighted by atomic mass is 16.6. The predicted molar refractivity (Wildman–Crippen MR) is 95.2 cm³/mol. The molecule has 9 heteroatoms. The van der Waals surface area contributed by atoms with E-state index < -0.39 is 11.0 Å². The van der Waals surface area contributed by atoms with Crippen LogP contribution in [0.1, 0.15) is 11.1 Å². The van der Waals surface area contributed by atoms with Gasteiger partial charge in [0.1, 0.15) is 18.2 Å². The first-order valence-corrected chi connectivity index (χ1v) is 7.79. The number of nitro groups is 1. The van der Waals surface area contributed by atoms with E-state index in [4.69, 9.17) is 4.74 Å². The van der Waals surface area contributed by atoms with Gasteiger partial charge in [0.15, 0.2) is 5.82 Å². The third-order valence-corrected chi connectivity index (χ3v) is 3.59. The summed E-state index contributed by atoms with van der Waals surface area (Å²) in [4.78, 5) is 22.2. The number of non-ortho nitro benzene ring substituents is 1. The molecule has 0 spiro atoms. The first-order valence-electron chi connectivity index (χ1n) is 7.79. The lowest BCUT2D eigenvalue weighted by atomic mass is 10.2. The first-order chi connectivity index (χ1) is 13.1. The number of carbonyl (C=O) groups excluding carboxylic acids is 1. The average molecular weight is 363 g/mol. The molecule has 0 fully saturated rings. The predicted octanol–water partition coefficient (Wildman–Crippen LogP) is 3.40. The Morgan fingerprint density at radius 1 is 1.22 bits per heavy atom. The van der Waals surface area contributed by atoms with Gasteiger partial charge in [0, 0.05) is 12.1 Å². The highest BCUT2D eigenvalue weighted by Gasteiger charge is 2.14. The van der Waals surface area contributed by atoms with Crippen LogP contribution in [0.5, 0.6) is 0 Å². The van der Waals surface area contributed by atoms with E-state index in [0.29, 0.717) is 5.69 Å². The Labute approximate surface area is 153 Å². The number of carbonyl (C=O) groups is 1. The van der Waals surface area contributed by atoms with Crippen LogP contribution < -0.4 is 5.32 Å². The minimum atomic E-state index is -0.746. The van der Waals surface area contributed by atoms with Crippen LogP contribution in [0, 0.1) is 21.4 Å². The summed E-state index contributed by atoms with van der Waals surface area (Å²) in [6.45, 7) is 0.0810. The van der Waals surface area contributed by atoms with Crippen LogP contribution in [-0.4, -0.2) is 20.8 Å². The zero-order valence-electron chi connectivity index (χ0n) is 13.9. The van der Waals surface area contributed by atoms with Gasteiger partial charge in [-0.3, -0.25) is 15.4 Å². The number of aromatic nitrogens is 2. The average Bonchev–Trinajstić information content (AvgIpc) is 3.10. The normalized spacial score (nSPS) is 10.0. The van der Waals surface area contributed by atoms with E-state index >= 15 is 0 Å². The highest BCUT2D eigenvalue weighted by molar-refractivity contribution is 5.85. The summed E-state index contributed by atoms with van der Waals surface area (Å²) in [5, 5.41) is 26.5. The maximum absolute atomic E-state index is 12.0. The SMILES string of the molecule is N#Cc1cn(-c2ccc([N+](=O)[O-])cc2)nc1NC(=O)OCc1ccccc1. The quantitative estimate of drug-likeness (QED) is 0.547. The van der Waals surface area contributed by atoms with E-state index in [1.165, 1.54) is 35.1 Å². The summed E-state index contributed by atoms with van der Waals surface area (Å²) in [6.07, 6.45) is 0.665. The molecule has 1 amide bonds. The molecule has 0 atom stereocenters. The fourth-order valence-electron chi connectivity index (χ4n) is 2.26. The van der Waals surface area contributed by atoms with Crippen molar-refractivity contribution in [1.29, 1.82) is 5.26 Å². The number of nitrogens with one attached hydrogen (secondary N) is 1. The van der Waals surface area contributed by atoms with Gasteiger partial charge in [0.25, 0.3) is 5.69 Å². The number of hydrogen-bond donors (Lipinski definition) is 1. The van der Waals surface area contributed by atoms with Crippen LogP contribution in [0.15, 0.2) is 60.8 Å². The van der Waals surface area contributed by atoms with Crippen molar-refractivity contribution < 1.29 is 14.5 Å². The molecule has 0 radical (unpaired) electrons. The van der Waals surface area contributed by atoms with Crippen LogP contribution in [0.25, 0.3) is 5.69 Å². The summed E-state index contributed by atoms with van der Waals surface area (Å²) in [6, 6.07) is 16.7. The molecule has 2 aromatic carbocycles. The molecule has 1 N–H and O–H groups in total. The number of nitrogens with zero attached hydrogens (tertiary/aromatic N) is 4. The van der Waals surface area contributed by atoms with Crippen LogP contribution in [-0.2, 0) is 11.3 Å². The maximum atomic E-state index is 12.0. The number of nitro benzene ring substituents is 1. The zero-order chi connectivity index (χ0) is 19.2. The molecular formula is C18H13N5O4. The van der Waals surface area contributed by atoms with E-state index in [1.54, 1.807) is 0 Å². The Morgan fingerprint density at radius 2 is 1.93 bits per heavy atom. The van der Waals surface area contributed by atoms with Gasteiger partial charge in [-0.05, 0) is 17.7 Å². The zero-order valence-corrected chi connectivity index (χ0v) is 13.9. The first kappa shape index (κ1) is 17.6. The summed E-state index contributed by atoms with van der Waals surface area (Å²) >= 11 is 0. The van der Waals surface area contributed by atoms with Gasteiger partial charge in [-0.1, -0.05) is 30.3 Å². The number of nitriles is 1. The van der Waals surface area contributed by atoms with Crippen molar-refractivity contribution in [2.75, 3.05) is 5.32 Å². The molecule has 1 heterocycles. The van der Waals surface area contributed by atoms with Crippen LogP contribution >= 0.6 is 0 Å². The minimum Gasteiger partial charge on any atom is -0.444 e. The lowest BCUT2D eigenvalue weighted by Crippen LogP contribution is -2.14. The van der Waals surface area contributed by atoms with Crippen molar-refractivity contribution >= 4 is 17.6 Å². The van der Waals surface area contributed by atoms with Crippen molar-refractivity contribution in [3.8, 4) is 11.8 Å². The molecule has 0 unspecified atom stereocenters. The van der Waals surface area contributed by atoms with Gasteiger partial charge in [-0.2, -0.15) is 5.26 Å². The number of anilines is 1. The maximum Gasteiger partial charge on any atom is 0.413 e. The number of ether oxygens (including phenoxy) is 1. The smallest absolute Gasteiger partial charge is 0.413 e. The molecule has 0 aliphatic heterocycles. The van der Waals surface area contributed by atoms with E-state index in [0.717, 1.165) is 5.56 Å². The second-order valence-corrected chi connectivity index (χ2v) is 5.41. The second kappa shape index (κ2) is 7.79. The Hall–Kier alpha value is -4.19. The monoisotopic (exact) mass is 363 g/mol.